The quantitative estimate of drug-likeness (QED) is 0.635. The van der Waals surface area contributed by atoms with E-state index in [4.69, 9.17) is 4.42 Å². The second kappa shape index (κ2) is 10.7. The van der Waals surface area contributed by atoms with Gasteiger partial charge in [-0.3, -0.25) is 4.79 Å². The lowest BCUT2D eigenvalue weighted by atomic mass is 10.1. The van der Waals surface area contributed by atoms with Crippen LogP contribution in [0.1, 0.15) is 45.4 Å². The molecule has 3 amide bonds. The molecule has 30 heavy (non-hydrogen) atoms. The van der Waals surface area contributed by atoms with Crippen LogP contribution in [-0.4, -0.2) is 37.0 Å². The highest BCUT2D eigenvalue weighted by atomic mass is 16.3. The van der Waals surface area contributed by atoms with Gasteiger partial charge in [0, 0.05) is 37.9 Å². The summed E-state index contributed by atoms with van der Waals surface area (Å²) in [6, 6.07) is 9.31. The number of rotatable bonds is 9. The highest BCUT2D eigenvalue weighted by Crippen LogP contribution is 2.25. The summed E-state index contributed by atoms with van der Waals surface area (Å²) in [6.07, 6.45) is 2.07. The largest absolute Gasteiger partial charge is 0.467 e. The summed E-state index contributed by atoms with van der Waals surface area (Å²) in [7, 11) is 3.92. The van der Waals surface area contributed by atoms with Crippen LogP contribution >= 0.6 is 0 Å². The van der Waals surface area contributed by atoms with E-state index >= 15 is 0 Å². The number of carbonyl (C=O) groups is 2. The monoisotopic (exact) mass is 414 g/mol. The molecule has 0 bridgehead atoms. The van der Waals surface area contributed by atoms with Crippen molar-refractivity contribution in [3.63, 3.8) is 0 Å². The van der Waals surface area contributed by atoms with Crippen molar-refractivity contribution in [2.45, 2.75) is 53.2 Å². The molecule has 0 aliphatic heterocycles. The maximum absolute atomic E-state index is 12.8. The minimum absolute atomic E-state index is 0.0152. The van der Waals surface area contributed by atoms with Crippen LogP contribution in [0.4, 0.5) is 16.2 Å². The third-order valence-electron chi connectivity index (χ3n) is 4.43. The molecular weight excluding hydrogens is 380 g/mol. The number of nitrogens with one attached hydrogen (secondary N) is 2. The van der Waals surface area contributed by atoms with Gasteiger partial charge in [-0.2, -0.15) is 0 Å². The van der Waals surface area contributed by atoms with E-state index in [9.17, 15) is 9.59 Å². The van der Waals surface area contributed by atoms with E-state index in [0.717, 1.165) is 16.9 Å². The van der Waals surface area contributed by atoms with Crippen LogP contribution in [0.3, 0.4) is 0 Å². The highest BCUT2D eigenvalue weighted by Gasteiger charge is 2.19. The fourth-order valence-corrected chi connectivity index (χ4v) is 3.14. The van der Waals surface area contributed by atoms with Gasteiger partial charge >= 0.3 is 6.03 Å². The SMILES string of the molecule is CC(C)CC(=O)Nc1ccc(N(C)C)c(CN(Cc2ccco2)C(=O)NC(C)C)c1. The summed E-state index contributed by atoms with van der Waals surface area (Å²) in [4.78, 5) is 28.8. The molecule has 0 aliphatic rings. The predicted molar refractivity (Wildman–Crippen MR) is 120 cm³/mol. The van der Waals surface area contributed by atoms with E-state index in [-0.39, 0.29) is 23.9 Å². The lowest BCUT2D eigenvalue weighted by molar-refractivity contribution is -0.116. The van der Waals surface area contributed by atoms with E-state index < -0.39 is 0 Å². The van der Waals surface area contributed by atoms with Crippen LogP contribution in [0.15, 0.2) is 41.0 Å². The van der Waals surface area contributed by atoms with Crippen LogP contribution in [0.5, 0.6) is 0 Å². The van der Waals surface area contributed by atoms with Gasteiger partial charge in [-0.15, -0.1) is 0 Å². The summed E-state index contributed by atoms with van der Waals surface area (Å²) in [6.45, 7) is 8.61. The molecule has 0 unspecified atom stereocenters. The molecular formula is C23H34N4O3. The minimum atomic E-state index is -0.166. The number of nitrogens with zero attached hydrogens (tertiary/aromatic N) is 2. The summed E-state index contributed by atoms with van der Waals surface area (Å²) >= 11 is 0. The Bertz CT molecular complexity index is 829. The van der Waals surface area contributed by atoms with Crippen molar-refractivity contribution in [1.82, 2.24) is 10.2 Å². The Morgan fingerprint density at radius 2 is 1.80 bits per heavy atom. The van der Waals surface area contributed by atoms with Gasteiger partial charge in [-0.05, 0) is 55.7 Å². The van der Waals surface area contributed by atoms with Crippen LogP contribution < -0.4 is 15.5 Å². The average Bonchev–Trinajstić information content (AvgIpc) is 3.12. The third-order valence-corrected chi connectivity index (χ3v) is 4.43. The summed E-state index contributed by atoms with van der Waals surface area (Å²) in [5, 5.41) is 5.92. The Morgan fingerprint density at radius 3 is 2.37 bits per heavy atom. The number of hydrogen-bond donors (Lipinski definition) is 2. The first-order valence-corrected chi connectivity index (χ1v) is 10.3. The van der Waals surface area contributed by atoms with Gasteiger partial charge in [-0.1, -0.05) is 13.8 Å². The van der Waals surface area contributed by atoms with Crippen molar-refractivity contribution >= 4 is 23.3 Å². The molecule has 0 aliphatic carbocycles. The Balaban J connectivity index is 2.29. The second-order valence-corrected chi connectivity index (χ2v) is 8.42. The zero-order valence-electron chi connectivity index (χ0n) is 18.9. The smallest absolute Gasteiger partial charge is 0.318 e. The molecule has 0 saturated carbocycles. The third kappa shape index (κ3) is 7.13. The highest BCUT2D eigenvalue weighted by molar-refractivity contribution is 5.91. The average molecular weight is 415 g/mol. The maximum atomic E-state index is 12.8. The molecule has 0 spiro atoms. The zero-order valence-corrected chi connectivity index (χ0v) is 18.9. The van der Waals surface area contributed by atoms with Crippen molar-refractivity contribution in [3.05, 3.63) is 47.9 Å². The van der Waals surface area contributed by atoms with E-state index in [0.29, 0.717) is 25.3 Å². The Hall–Kier alpha value is -2.96. The number of furan rings is 1. The first-order chi connectivity index (χ1) is 14.2. The number of anilines is 2. The first kappa shape index (κ1) is 23.3. The van der Waals surface area contributed by atoms with Crippen molar-refractivity contribution in [3.8, 4) is 0 Å². The van der Waals surface area contributed by atoms with Gasteiger partial charge < -0.3 is 24.9 Å². The molecule has 0 radical (unpaired) electrons. The van der Waals surface area contributed by atoms with Gasteiger partial charge in [0.05, 0.1) is 19.4 Å². The molecule has 2 aromatic rings. The molecule has 1 heterocycles. The molecule has 0 saturated heterocycles. The molecule has 164 valence electrons. The molecule has 2 rings (SSSR count). The molecule has 1 aromatic carbocycles. The zero-order chi connectivity index (χ0) is 22.3. The van der Waals surface area contributed by atoms with Gasteiger partial charge in [0.15, 0.2) is 0 Å². The van der Waals surface area contributed by atoms with Crippen LogP contribution in [-0.2, 0) is 17.9 Å². The fourth-order valence-electron chi connectivity index (χ4n) is 3.14. The molecule has 0 fully saturated rings. The van der Waals surface area contributed by atoms with Crippen molar-refractivity contribution in [2.75, 3.05) is 24.3 Å². The summed E-state index contributed by atoms with van der Waals surface area (Å²) in [5.74, 6) is 0.981. The van der Waals surface area contributed by atoms with Crippen molar-refractivity contribution < 1.29 is 14.0 Å². The minimum Gasteiger partial charge on any atom is -0.467 e. The Kier molecular flexibility index (Phi) is 8.33. The second-order valence-electron chi connectivity index (χ2n) is 8.42. The number of amides is 3. The van der Waals surface area contributed by atoms with E-state index in [2.05, 4.69) is 10.6 Å². The van der Waals surface area contributed by atoms with E-state index in [1.807, 2.05) is 77.0 Å². The van der Waals surface area contributed by atoms with Crippen molar-refractivity contribution in [1.29, 1.82) is 0 Å². The Labute approximate surface area is 179 Å². The number of carbonyl (C=O) groups excluding carboxylic acids is 2. The molecule has 2 N–H and O–H groups in total. The van der Waals surface area contributed by atoms with E-state index in [1.54, 1.807) is 11.2 Å². The lowest BCUT2D eigenvalue weighted by Gasteiger charge is -2.26. The topological polar surface area (TPSA) is 77.8 Å². The van der Waals surface area contributed by atoms with Crippen LogP contribution in [0.25, 0.3) is 0 Å². The van der Waals surface area contributed by atoms with Gasteiger partial charge in [-0.25, -0.2) is 4.79 Å². The van der Waals surface area contributed by atoms with Crippen LogP contribution in [0.2, 0.25) is 0 Å². The number of benzene rings is 1. The van der Waals surface area contributed by atoms with Crippen molar-refractivity contribution in [2.24, 2.45) is 5.92 Å². The number of hydrogen-bond acceptors (Lipinski definition) is 4. The molecule has 7 nitrogen and oxygen atoms in total. The standard InChI is InChI=1S/C23H34N4O3/c1-16(2)12-22(28)25-19-9-10-21(26(5)6)18(13-19)14-27(23(29)24-17(3)4)15-20-8-7-11-30-20/h7-11,13,16-17H,12,14-15H2,1-6H3,(H,24,29)(H,25,28). The summed E-state index contributed by atoms with van der Waals surface area (Å²) in [5.41, 5.74) is 2.65. The normalized spacial score (nSPS) is 10.9. The summed E-state index contributed by atoms with van der Waals surface area (Å²) < 4.78 is 5.46. The van der Waals surface area contributed by atoms with Gasteiger partial charge in [0.2, 0.25) is 5.91 Å². The molecule has 0 atom stereocenters. The maximum Gasteiger partial charge on any atom is 0.318 e. The Morgan fingerprint density at radius 1 is 1.07 bits per heavy atom. The molecule has 7 heteroatoms. The van der Waals surface area contributed by atoms with Gasteiger partial charge in [0.1, 0.15) is 5.76 Å². The van der Waals surface area contributed by atoms with E-state index in [1.165, 1.54) is 0 Å². The van der Waals surface area contributed by atoms with Crippen LogP contribution in [0, 0.1) is 5.92 Å². The first-order valence-electron chi connectivity index (χ1n) is 10.3. The van der Waals surface area contributed by atoms with Gasteiger partial charge in [0.25, 0.3) is 0 Å². The number of urea groups is 1. The fraction of sp³-hybridized carbons (Fsp3) is 0.478. The lowest BCUT2D eigenvalue weighted by Crippen LogP contribution is -2.42. The molecule has 1 aromatic heterocycles. The predicted octanol–water partition coefficient (Wildman–Crippen LogP) is 4.45.